The summed E-state index contributed by atoms with van der Waals surface area (Å²) in [6.07, 6.45) is 11.5. The van der Waals surface area contributed by atoms with Gasteiger partial charge in [-0.15, -0.1) is 0 Å². The van der Waals surface area contributed by atoms with Crippen molar-refractivity contribution in [2.75, 3.05) is 0 Å². The van der Waals surface area contributed by atoms with Gasteiger partial charge < -0.3 is 0 Å². The molecule has 0 radical (unpaired) electrons. The third-order valence-corrected chi connectivity index (χ3v) is 15.0. The third kappa shape index (κ3) is 8.92. The molecule has 2 aliphatic rings. The molecule has 6 rings (SSSR count). The molecule has 43 heavy (non-hydrogen) atoms. The third-order valence-electron chi connectivity index (χ3n) is 9.18. The van der Waals surface area contributed by atoms with Gasteiger partial charge in [-0.25, -0.2) is 0 Å². The molecule has 0 nitrogen and oxygen atoms in total. The number of aryl methyl sites for hydroxylation is 4. The summed E-state index contributed by atoms with van der Waals surface area (Å²) in [5.74, 6) is 0.722. The van der Waals surface area contributed by atoms with Crippen molar-refractivity contribution < 1.29 is 17.1 Å². The van der Waals surface area contributed by atoms with E-state index in [0.29, 0.717) is 5.66 Å². The molecule has 3 atom stereocenters. The summed E-state index contributed by atoms with van der Waals surface area (Å²) in [6, 6.07) is 37.4. The molecule has 0 amide bonds. The summed E-state index contributed by atoms with van der Waals surface area (Å²) in [6.45, 7) is 11.6. The van der Waals surface area contributed by atoms with Crippen LogP contribution in [0.1, 0.15) is 80.5 Å². The molecule has 2 aliphatic carbocycles. The molecule has 0 heterocycles. The fourth-order valence-corrected chi connectivity index (χ4v) is 14.2. The quantitative estimate of drug-likeness (QED) is 0.138. The van der Waals surface area contributed by atoms with E-state index in [9.17, 15) is 0 Å². The van der Waals surface area contributed by atoms with Crippen LogP contribution in [-0.2, 0) is 17.1 Å². The maximum absolute atomic E-state index is 2.59. The molecule has 4 aromatic carbocycles. The van der Waals surface area contributed by atoms with Crippen molar-refractivity contribution in [2.45, 2.75) is 97.3 Å². The molecule has 0 spiro atoms. The Hall–Kier alpha value is -1.74. The van der Waals surface area contributed by atoms with Gasteiger partial charge in [-0.2, -0.15) is 0 Å². The van der Waals surface area contributed by atoms with Crippen LogP contribution < -0.4 is 21.2 Å². The second-order valence-electron chi connectivity index (χ2n) is 12.8. The Labute approximate surface area is 275 Å². The summed E-state index contributed by atoms with van der Waals surface area (Å²) in [4.78, 5) is 0. The van der Waals surface area contributed by atoms with E-state index in [1.807, 2.05) is 0 Å². The van der Waals surface area contributed by atoms with Gasteiger partial charge >= 0.3 is 0 Å². The predicted octanol–water partition coefficient (Wildman–Crippen LogP) is 9.99. The molecule has 0 N–H and O–H groups in total. The molecule has 2 unspecified atom stereocenters. The minimum Gasteiger partial charge on any atom is -0.0622 e. The van der Waals surface area contributed by atoms with E-state index < -0.39 is 15.8 Å². The summed E-state index contributed by atoms with van der Waals surface area (Å²) in [5, 5.41) is 6.18. The van der Waals surface area contributed by atoms with Crippen LogP contribution in [0.4, 0.5) is 0 Å². The fourth-order valence-electron chi connectivity index (χ4n) is 7.44. The van der Waals surface area contributed by atoms with Gasteiger partial charge in [0.2, 0.25) is 0 Å². The molecule has 3 heteroatoms. The van der Waals surface area contributed by atoms with E-state index in [4.69, 9.17) is 0 Å². The van der Waals surface area contributed by atoms with Gasteiger partial charge in [0.25, 0.3) is 0 Å². The minimum atomic E-state index is -0.467. The van der Waals surface area contributed by atoms with Crippen LogP contribution in [0.2, 0.25) is 0 Å². The van der Waals surface area contributed by atoms with Gasteiger partial charge in [-0.3, -0.25) is 0 Å². The normalized spacial score (nSPS) is 18.7. The van der Waals surface area contributed by atoms with Crippen LogP contribution in [0.3, 0.4) is 0 Å². The van der Waals surface area contributed by atoms with Crippen molar-refractivity contribution in [3.8, 4) is 0 Å². The maximum atomic E-state index is 2.59. The van der Waals surface area contributed by atoms with Crippen LogP contribution in [-0.4, -0.2) is 11.3 Å². The van der Waals surface area contributed by atoms with Crippen molar-refractivity contribution in [1.82, 2.24) is 0 Å². The number of benzene rings is 4. The van der Waals surface area contributed by atoms with Gasteiger partial charge in [0.15, 0.2) is 0 Å². The number of hydrogen-bond donors (Lipinski definition) is 0. The zero-order chi connectivity index (χ0) is 29.5. The van der Waals surface area contributed by atoms with E-state index in [2.05, 4.69) is 132 Å². The van der Waals surface area contributed by atoms with Crippen LogP contribution in [0.15, 0.2) is 97.1 Å². The Balaban J connectivity index is 0.000000641. The molecule has 0 aliphatic heterocycles. The van der Waals surface area contributed by atoms with E-state index in [1.54, 1.807) is 10.6 Å². The Kier molecular flexibility index (Phi) is 13.1. The number of hydrogen-bond acceptors (Lipinski definition) is 0. The van der Waals surface area contributed by atoms with Crippen LogP contribution >= 0.6 is 15.8 Å². The monoisotopic (exact) mass is 648 g/mol. The van der Waals surface area contributed by atoms with E-state index in [1.165, 1.54) is 84.2 Å². The second-order valence-corrected chi connectivity index (χ2v) is 17.8. The van der Waals surface area contributed by atoms with Crippen molar-refractivity contribution in [1.29, 1.82) is 0 Å². The predicted molar refractivity (Wildman–Crippen MR) is 191 cm³/mol. The molecule has 0 aromatic heterocycles. The van der Waals surface area contributed by atoms with E-state index in [-0.39, 0.29) is 17.1 Å². The van der Waals surface area contributed by atoms with Crippen molar-refractivity contribution in [3.63, 3.8) is 0 Å². The standard InChI is InChI=1S/C35H40P2.C5H10.Fe/c1-25-19-26(2)22-32(21-25)36(33-23-27(3)20-28(4)24-33)29(5)34-17-12-18-35(34)37(30-13-8-6-9-14-30)31-15-10-7-11-16-31;1-2-4-5-3-1;/h6-11,13-16,19-24,29,34-35H,12,17-18H2,1-5H3;1-5H2;/t29-,34?,35?;;/m1../s1. The van der Waals surface area contributed by atoms with Crippen LogP contribution in [0, 0.1) is 33.6 Å². The maximum Gasteiger partial charge on any atom is 0 e. The molecular formula is C40H50FeP2. The smallest absolute Gasteiger partial charge is 0 e. The zero-order valence-electron chi connectivity index (χ0n) is 26.9. The zero-order valence-corrected chi connectivity index (χ0v) is 29.8. The average Bonchev–Trinajstić information content (AvgIpc) is 3.70. The molecule has 0 bridgehead atoms. The van der Waals surface area contributed by atoms with Gasteiger partial charge in [0.1, 0.15) is 0 Å². The Morgan fingerprint density at radius 2 is 0.907 bits per heavy atom. The molecule has 2 saturated carbocycles. The Bertz CT molecular complexity index is 1270. The van der Waals surface area contributed by atoms with Crippen LogP contribution in [0.25, 0.3) is 0 Å². The summed E-state index contributed by atoms with van der Waals surface area (Å²) in [5.41, 5.74) is 6.89. The second kappa shape index (κ2) is 16.5. The summed E-state index contributed by atoms with van der Waals surface area (Å²) in [7, 11) is -0.868. The first kappa shape index (κ1) is 34.1. The summed E-state index contributed by atoms with van der Waals surface area (Å²) >= 11 is 0. The first-order valence-corrected chi connectivity index (χ1v) is 19.1. The van der Waals surface area contributed by atoms with E-state index >= 15 is 0 Å². The molecular weight excluding hydrogens is 598 g/mol. The molecule has 0 saturated heterocycles. The van der Waals surface area contributed by atoms with Gasteiger partial charge in [-0.1, -0.05) is 165 Å². The Morgan fingerprint density at radius 1 is 0.512 bits per heavy atom. The first-order chi connectivity index (χ1) is 20.4. The molecule has 4 aromatic rings. The van der Waals surface area contributed by atoms with Crippen molar-refractivity contribution in [3.05, 3.63) is 119 Å². The fraction of sp³-hybridized carbons (Fsp3) is 0.400. The minimum absolute atomic E-state index is 0. The SMILES string of the molecule is C1CCCC1.Cc1cc(C)cc(P(c2cc(C)cc(C)c2)[C@H](C)C2CCCC2P(c2ccccc2)c2ccccc2)c1.[Fe]. The van der Waals surface area contributed by atoms with Crippen molar-refractivity contribution >= 4 is 37.1 Å². The average molecular weight is 649 g/mol. The first-order valence-electron chi connectivity index (χ1n) is 16.3. The van der Waals surface area contributed by atoms with Gasteiger partial charge in [-0.05, 0) is 94.8 Å². The van der Waals surface area contributed by atoms with Gasteiger partial charge in [0.05, 0.1) is 0 Å². The Morgan fingerprint density at radius 3 is 1.30 bits per heavy atom. The molecule has 2 fully saturated rings. The topological polar surface area (TPSA) is 0 Å². The largest absolute Gasteiger partial charge is 0.0622 e. The van der Waals surface area contributed by atoms with Gasteiger partial charge in [0, 0.05) is 17.1 Å². The molecule has 228 valence electrons. The summed E-state index contributed by atoms with van der Waals surface area (Å²) < 4.78 is 0. The van der Waals surface area contributed by atoms with Crippen molar-refractivity contribution in [2.24, 2.45) is 5.92 Å². The number of rotatable bonds is 7. The van der Waals surface area contributed by atoms with Crippen LogP contribution in [0.5, 0.6) is 0 Å². The van der Waals surface area contributed by atoms with E-state index in [0.717, 1.165) is 11.6 Å².